The minimum atomic E-state index is -0.289. The second-order valence-electron chi connectivity index (χ2n) is 5.25. The zero-order valence-corrected chi connectivity index (χ0v) is 12.6. The molecule has 0 fully saturated rings. The van der Waals surface area contributed by atoms with Gasteiger partial charge in [-0.15, -0.1) is 0 Å². The minimum Gasteiger partial charge on any atom is -0.321 e. The molecule has 2 aromatic carbocycles. The van der Waals surface area contributed by atoms with E-state index in [4.69, 9.17) is 0 Å². The van der Waals surface area contributed by atoms with E-state index in [2.05, 4.69) is 25.5 Å². The van der Waals surface area contributed by atoms with Gasteiger partial charge in [0.25, 0.3) is 5.91 Å². The molecule has 6 heteroatoms. The Balaban J connectivity index is 1.54. The van der Waals surface area contributed by atoms with Crippen molar-refractivity contribution < 1.29 is 4.79 Å². The number of amides is 1. The highest BCUT2D eigenvalue weighted by Gasteiger charge is 2.09. The average Bonchev–Trinajstić information content (AvgIpc) is 3.16. The van der Waals surface area contributed by atoms with Gasteiger partial charge in [0, 0.05) is 11.9 Å². The van der Waals surface area contributed by atoms with Crippen LogP contribution >= 0.6 is 0 Å². The fraction of sp³-hybridized carbons (Fsp3) is 0. The van der Waals surface area contributed by atoms with Crippen molar-refractivity contribution >= 4 is 22.6 Å². The third-order valence-electron chi connectivity index (χ3n) is 3.64. The second kappa shape index (κ2) is 5.92. The van der Waals surface area contributed by atoms with Gasteiger partial charge in [-0.2, -0.15) is 5.10 Å². The Bertz CT molecular complexity index is 994. The number of carbonyl (C=O) groups excluding carboxylic acids is 1. The molecule has 0 aliphatic rings. The highest BCUT2D eigenvalue weighted by atomic mass is 16.1. The first kappa shape index (κ1) is 14.1. The molecule has 2 aromatic heterocycles. The van der Waals surface area contributed by atoms with E-state index >= 15 is 0 Å². The van der Waals surface area contributed by atoms with Crippen LogP contribution in [0.4, 0.5) is 5.69 Å². The maximum atomic E-state index is 12.3. The molecular weight excluding hydrogens is 302 g/mol. The molecular formula is C18H13N5O. The molecule has 0 bridgehead atoms. The van der Waals surface area contributed by atoms with E-state index in [0.717, 1.165) is 16.8 Å². The number of anilines is 1. The number of hydrogen-bond acceptors (Lipinski definition) is 4. The van der Waals surface area contributed by atoms with E-state index in [1.54, 1.807) is 6.20 Å². The smallest absolute Gasteiger partial charge is 0.275 e. The molecule has 0 aliphatic heterocycles. The Morgan fingerprint density at radius 2 is 1.75 bits per heavy atom. The van der Waals surface area contributed by atoms with Gasteiger partial charge in [-0.25, -0.2) is 4.98 Å². The number of hydrogen-bond donors (Lipinski definition) is 2. The third kappa shape index (κ3) is 2.72. The fourth-order valence-electron chi connectivity index (χ4n) is 2.41. The van der Waals surface area contributed by atoms with Gasteiger partial charge in [-0.1, -0.05) is 24.3 Å². The van der Waals surface area contributed by atoms with Crippen molar-refractivity contribution in [2.75, 3.05) is 5.32 Å². The van der Waals surface area contributed by atoms with E-state index in [0.29, 0.717) is 11.2 Å². The van der Waals surface area contributed by atoms with Crippen molar-refractivity contribution in [1.82, 2.24) is 20.2 Å². The fourth-order valence-corrected chi connectivity index (χ4v) is 2.41. The molecule has 1 amide bonds. The molecule has 0 spiro atoms. The van der Waals surface area contributed by atoms with Crippen LogP contribution in [-0.2, 0) is 0 Å². The number of carbonyl (C=O) groups is 1. The largest absolute Gasteiger partial charge is 0.321 e. The predicted molar refractivity (Wildman–Crippen MR) is 91.5 cm³/mol. The second-order valence-corrected chi connectivity index (χ2v) is 5.25. The Kier molecular flexibility index (Phi) is 3.47. The standard InChI is InChI=1S/C18H13N5O/c24-18(17-11-19-15-3-1-2-4-16(15)22-17)21-13-7-5-12(6-8-13)14-9-10-20-23-14/h1-11H,(H,20,23)(H,21,24). The third-order valence-corrected chi connectivity index (χ3v) is 3.64. The van der Waals surface area contributed by atoms with Gasteiger partial charge in [0.05, 0.1) is 22.9 Å². The van der Waals surface area contributed by atoms with Crippen molar-refractivity contribution in [3.63, 3.8) is 0 Å². The molecule has 6 nitrogen and oxygen atoms in total. The average molecular weight is 315 g/mol. The summed E-state index contributed by atoms with van der Waals surface area (Å²) in [4.78, 5) is 20.9. The van der Waals surface area contributed by atoms with Crippen molar-refractivity contribution in [2.24, 2.45) is 0 Å². The van der Waals surface area contributed by atoms with Crippen LogP contribution in [0, 0.1) is 0 Å². The number of aromatic amines is 1. The molecule has 2 N–H and O–H groups in total. The summed E-state index contributed by atoms with van der Waals surface area (Å²) in [6.07, 6.45) is 3.18. The lowest BCUT2D eigenvalue weighted by molar-refractivity contribution is 0.102. The van der Waals surface area contributed by atoms with Gasteiger partial charge < -0.3 is 5.32 Å². The van der Waals surface area contributed by atoms with Crippen LogP contribution in [0.15, 0.2) is 67.0 Å². The summed E-state index contributed by atoms with van der Waals surface area (Å²) in [6.45, 7) is 0. The van der Waals surface area contributed by atoms with E-state index < -0.39 is 0 Å². The van der Waals surface area contributed by atoms with E-state index in [-0.39, 0.29) is 11.6 Å². The number of benzene rings is 2. The lowest BCUT2D eigenvalue weighted by Crippen LogP contribution is -2.14. The Morgan fingerprint density at radius 1 is 0.958 bits per heavy atom. The maximum absolute atomic E-state index is 12.3. The molecule has 24 heavy (non-hydrogen) atoms. The van der Waals surface area contributed by atoms with Crippen molar-refractivity contribution in [1.29, 1.82) is 0 Å². The van der Waals surface area contributed by atoms with Crippen LogP contribution < -0.4 is 5.32 Å². The summed E-state index contributed by atoms with van der Waals surface area (Å²) in [5.41, 5.74) is 4.35. The van der Waals surface area contributed by atoms with Crippen LogP contribution in [0.3, 0.4) is 0 Å². The Morgan fingerprint density at radius 3 is 2.50 bits per heavy atom. The van der Waals surface area contributed by atoms with E-state index in [9.17, 15) is 4.79 Å². The molecule has 4 rings (SSSR count). The molecule has 0 radical (unpaired) electrons. The summed E-state index contributed by atoms with van der Waals surface area (Å²) < 4.78 is 0. The van der Waals surface area contributed by atoms with Gasteiger partial charge in [0.15, 0.2) is 0 Å². The van der Waals surface area contributed by atoms with Gasteiger partial charge in [-0.3, -0.25) is 14.9 Å². The molecule has 4 aromatic rings. The summed E-state index contributed by atoms with van der Waals surface area (Å²) in [6, 6.07) is 16.8. The SMILES string of the molecule is O=C(Nc1ccc(-c2ccn[nH]2)cc1)c1cnc2ccccc2n1. The molecule has 0 saturated heterocycles. The van der Waals surface area contributed by atoms with Crippen LogP contribution in [0.2, 0.25) is 0 Å². The normalized spacial score (nSPS) is 10.7. The van der Waals surface area contributed by atoms with Gasteiger partial charge in [-0.05, 0) is 35.9 Å². The quantitative estimate of drug-likeness (QED) is 0.608. The van der Waals surface area contributed by atoms with Crippen molar-refractivity contribution in [3.05, 3.63) is 72.7 Å². The number of aromatic nitrogens is 4. The first-order valence-electron chi connectivity index (χ1n) is 7.42. The van der Waals surface area contributed by atoms with Crippen LogP contribution in [-0.4, -0.2) is 26.1 Å². The molecule has 0 aliphatic carbocycles. The number of nitrogens with one attached hydrogen (secondary N) is 2. The lowest BCUT2D eigenvalue weighted by Gasteiger charge is -2.06. The number of rotatable bonds is 3. The summed E-state index contributed by atoms with van der Waals surface area (Å²) in [7, 11) is 0. The maximum Gasteiger partial charge on any atom is 0.275 e. The van der Waals surface area contributed by atoms with Crippen molar-refractivity contribution in [3.8, 4) is 11.3 Å². The predicted octanol–water partition coefficient (Wildman–Crippen LogP) is 3.27. The monoisotopic (exact) mass is 315 g/mol. The Labute approximate surface area is 137 Å². The minimum absolute atomic E-state index is 0.284. The number of para-hydroxylation sites is 2. The zero-order chi connectivity index (χ0) is 16.4. The van der Waals surface area contributed by atoms with Gasteiger partial charge in [0.2, 0.25) is 0 Å². The lowest BCUT2D eigenvalue weighted by atomic mass is 10.1. The number of H-pyrrole nitrogens is 1. The summed E-state index contributed by atoms with van der Waals surface area (Å²) >= 11 is 0. The topological polar surface area (TPSA) is 83.6 Å². The number of fused-ring (bicyclic) bond motifs is 1. The summed E-state index contributed by atoms with van der Waals surface area (Å²) in [5.74, 6) is -0.289. The molecule has 0 atom stereocenters. The summed E-state index contributed by atoms with van der Waals surface area (Å²) in [5, 5.41) is 9.65. The van der Waals surface area contributed by atoms with E-state index in [1.165, 1.54) is 6.20 Å². The first-order valence-corrected chi connectivity index (χ1v) is 7.42. The molecule has 0 saturated carbocycles. The molecule has 116 valence electrons. The Hall–Kier alpha value is -3.54. The van der Waals surface area contributed by atoms with Crippen molar-refractivity contribution in [2.45, 2.75) is 0 Å². The number of nitrogens with zero attached hydrogens (tertiary/aromatic N) is 3. The van der Waals surface area contributed by atoms with E-state index in [1.807, 2.05) is 54.6 Å². The molecule has 2 heterocycles. The van der Waals surface area contributed by atoms with Crippen LogP contribution in [0.1, 0.15) is 10.5 Å². The highest BCUT2D eigenvalue weighted by Crippen LogP contribution is 2.19. The highest BCUT2D eigenvalue weighted by molar-refractivity contribution is 6.03. The van der Waals surface area contributed by atoms with Gasteiger partial charge >= 0.3 is 0 Å². The van der Waals surface area contributed by atoms with Crippen LogP contribution in [0.25, 0.3) is 22.3 Å². The zero-order valence-electron chi connectivity index (χ0n) is 12.6. The van der Waals surface area contributed by atoms with Gasteiger partial charge in [0.1, 0.15) is 5.69 Å². The first-order chi connectivity index (χ1) is 11.8. The van der Waals surface area contributed by atoms with Crippen LogP contribution in [0.5, 0.6) is 0 Å². The molecule has 0 unspecified atom stereocenters.